The van der Waals surface area contributed by atoms with Gasteiger partial charge in [-0.3, -0.25) is 14.9 Å². The van der Waals surface area contributed by atoms with Gasteiger partial charge in [-0.25, -0.2) is 8.78 Å². The van der Waals surface area contributed by atoms with Crippen LogP contribution in [-0.4, -0.2) is 11.8 Å². The minimum Gasteiger partial charge on any atom is -0.296 e. The SMILES string of the molecule is O=C1CC(Cc2cccc(C(F)F)c2)C(=O)N1. The van der Waals surface area contributed by atoms with E-state index < -0.39 is 12.3 Å². The van der Waals surface area contributed by atoms with Gasteiger partial charge in [0.1, 0.15) is 0 Å². The van der Waals surface area contributed by atoms with E-state index in [1.165, 1.54) is 18.2 Å². The van der Waals surface area contributed by atoms with E-state index in [2.05, 4.69) is 5.32 Å². The van der Waals surface area contributed by atoms with E-state index in [0.29, 0.717) is 12.0 Å². The third kappa shape index (κ3) is 2.67. The van der Waals surface area contributed by atoms with Gasteiger partial charge in [0.15, 0.2) is 0 Å². The molecular formula is C12H11F2NO2. The molecular weight excluding hydrogens is 228 g/mol. The summed E-state index contributed by atoms with van der Waals surface area (Å²) in [6, 6.07) is 5.93. The average Bonchev–Trinajstić information content (AvgIpc) is 2.58. The lowest BCUT2D eigenvalue weighted by molar-refractivity contribution is -0.125. The molecule has 1 fully saturated rings. The topological polar surface area (TPSA) is 46.2 Å². The summed E-state index contributed by atoms with van der Waals surface area (Å²) < 4.78 is 24.9. The predicted octanol–water partition coefficient (Wildman–Crippen LogP) is 1.83. The third-order valence-electron chi connectivity index (χ3n) is 2.75. The number of carbonyl (C=O) groups excluding carboxylic acids is 2. The second-order valence-electron chi connectivity index (χ2n) is 4.06. The second-order valence-corrected chi connectivity index (χ2v) is 4.06. The molecule has 1 aliphatic heterocycles. The van der Waals surface area contributed by atoms with Crippen molar-refractivity contribution in [3.8, 4) is 0 Å². The van der Waals surface area contributed by atoms with Crippen molar-refractivity contribution in [2.45, 2.75) is 19.3 Å². The Kier molecular flexibility index (Phi) is 3.17. The van der Waals surface area contributed by atoms with Crippen molar-refractivity contribution in [1.29, 1.82) is 0 Å². The van der Waals surface area contributed by atoms with Crippen LogP contribution in [0.3, 0.4) is 0 Å². The summed E-state index contributed by atoms with van der Waals surface area (Å²) in [6.45, 7) is 0. The third-order valence-corrected chi connectivity index (χ3v) is 2.75. The highest BCUT2D eigenvalue weighted by atomic mass is 19.3. The lowest BCUT2D eigenvalue weighted by Crippen LogP contribution is -2.22. The number of alkyl halides is 2. The molecule has 1 saturated heterocycles. The molecule has 1 heterocycles. The summed E-state index contributed by atoms with van der Waals surface area (Å²) in [7, 11) is 0. The van der Waals surface area contributed by atoms with Crippen LogP contribution in [0, 0.1) is 5.92 Å². The fraction of sp³-hybridized carbons (Fsp3) is 0.333. The molecule has 0 bridgehead atoms. The van der Waals surface area contributed by atoms with Gasteiger partial charge in [0.2, 0.25) is 11.8 Å². The number of benzene rings is 1. The normalized spacial score (nSPS) is 19.8. The van der Waals surface area contributed by atoms with Crippen molar-refractivity contribution >= 4 is 11.8 Å². The Bertz CT molecular complexity index is 460. The number of hydrogen-bond acceptors (Lipinski definition) is 2. The number of halogens is 2. The smallest absolute Gasteiger partial charge is 0.263 e. The van der Waals surface area contributed by atoms with Crippen molar-refractivity contribution in [3.63, 3.8) is 0 Å². The molecule has 0 saturated carbocycles. The van der Waals surface area contributed by atoms with Crippen molar-refractivity contribution in [1.82, 2.24) is 5.32 Å². The first-order valence-electron chi connectivity index (χ1n) is 5.27. The molecule has 1 N–H and O–H groups in total. The Labute approximate surface area is 96.8 Å². The van der Waals surface area contributed by atoms with Gasteiger partial charge in [0.05, 0.1) is 5.92 Å². The molecule has 1 aromatic carbocycles. The maximum Gasteiger partial charge on any atom is 0.263 e. The Morgan fingerprint density at radius 3 is 2.71 bits per heavy atom. The average molecular weight is 239 g/mol. The number of nitrogens with one attached hydrogen (secondary N) is 1. The standard InChI is InChI=1S/C12H11F2NO2/c13-11(14)8-3-1-2-7(4-8)5-9-6-10(16)15-12(9)17/h1-4,9,11H,5-6H2,(H,15,16,17). The quantitative estimate of drug-likeness (QED) is 0.818. The molecule has 0 radical (unpaired) electrons. The summed E-state index contributed by atoms with van der Waals surface area (Å²) in [5.41, 5.74) is 0.588. The van der Waals surface area contributed by atoms with Gasteiger partial charge < -0.3 is 0 Å². The van der Waals surface area contributed by atoms with Gasteiger partial charge >= 0.3 is 0 Å². The Morgan fingerprint density at radius 1 is 1.35 bits per heavy atom. The maximum atomic E-state index is 12.5. The zero-order valence-electron chi connectivity index (χ0n) is 8.95. The molecule has 3 nitrogen and oxygen atoms in total. The van der Waals surface area contributed by atoms with Crippen LogP contribution >= 0.6 is 0 Å². The Hall–Kier alpha value is -1.78. The monoisotopic (exact) mass is 239 g/mol. The van der Waals surface area contributed by atoms with Crippen molar-refractivity contribution in [2.24, 2.45) is 5.92 Å². The molecule has 1 aromatic rings. The molecule has 1 aliphatic rings. The summed E-state index contributed by atoms with van der Waals surface area (Å²) in [5.74, 6) is -1.06. The number of amides is 2. The van der Waals surface area contributed by atoms with Crippen LogP contribution < -0.4 is 5.32 Å². The Morgan fingerprint density at radius 2 is 2.12 bits per heavy atom. The van der Waals surface area contributed by atoms with E-state index >= 15 is 0 Å². The van der Waals surface area contributed by atoms with Crippen molar-refractivity contribution in [2.75, 3.05) is 0 Å². The molecule has 1 unspecified atom stereocenters. The Balaban J connectivity index is 2.11. The van der Waals surface area contributed by atoms with E-state index in [1.807, 2.05) is 0 Å². The molecule has 0 aliphatic carbocycles. The molecule has 2 amide bonds. The minimum absolute atomic E-state index is 0.0627. The van der Waals surface area contributed by atoms with Crippen molar-refractivity contribution in [3.05, 3.63) is 35.4 Å². The molecule has 0 spiro atoms. The van der Waals surface area contributed by atoms with E-state index in [9.17, 15) is 18.4 Å². The first-order valence-corrected chi connectivity index (χ1v) is 5.27. The highest BCUT2D eigenvalue weighted by molar-refractivity contribution is 6.03. The first-order chi connectivity index (χ1) is 8.06. The number of imide groups is 1. The van der Waals surface area contributed by atoms with Gasteiger partial charge in [0.25, 0.3) is 6.43 Å². The highest BCUT2D eigenvalue weighted by Gasteiger charge is 2.30. The number of rotatable bonds is 3. The zero-order valence-corrected chi connectivity index (χ0v) is 8.95. The summed E-state index contributed by atoms with van der Waals surface area (Å²) >= 11 is 0. The first kappa shape index (κ1) is 11.7. The van der Waals surface area contributed by atoms with E-state index in [1.54, 1.807) is 6.07 Å². The number of hydrogen-bond donors (Lipinski definition) is 1. The van der Waals surface area contributed by atoms with Crippen LogP contribution in [0.2, 0.25) is 0 Å². The van der Waals surface area contributed by atoms with Gasteiger partial charge in [-0.2, -0.15) is 0 Å². The van der Waals surface area contributed by atoms with Gasteiger partial charge in [0, 0.05) is 12.0 Å². The summed E-state index contributed by atoms with van der Waals surface area (Å²) in [5, 5.41) is 2.20. The molecule has 2 rings (SSSR count). The van der Waals surface area contributed by atoms with Gasteiger partial charge in [-0.05, 0) is 12.0 Å². The van der Waals surface area contributed by atoms with E-state index in [4.69, 9.17) is 0 Å². The second kappa shape index (κ2) is 4.61. The lowest BCUT2D eigenvalue weighted by atomic mass is 9.97. The maximum absolute atomic E-state index is 12.5. The molecule has 90 valence electrons. The minimum atomic E-state index is -2.52. The predicted molar refractivity (Wildman–Crippen MR) is 56.4 cm³/mol. The summed E-state index contributed by atoms with van der Waals surface area (Å²) in [6.07, 6.45) is -2.07. The van der Waals surface area contributed by atoms with Crippen LogP contribution in [0.5, 0.6) is 0 Å². The fourth-order valence-electron chi connectivity index (χ4n) is 1.91. The molecule has 17 heavy (non-hydrogen) atoms. The van der Waals surface area contributed by atoms with Gasteiger partial charge in [-0.15, -0.1) is 0 Å². The number of carbonyl (C=O) groups is 2. The fourth-order valence-corrected chi connectivity index (χ4v) is 1.91. The molecule has 5 heteroatoms. The van der Waals surface area contributed by atoms with Crippen LogP contribution in [0.15, 0.2) is 24.3 Å². The zero-order chi connectivity index (χ0) is 12.4. The summed E-state index contributed by atoms with van der Waals surface area (Å²) in [4.78, 5) is 22.3. The van der Waals surface area contributed by atoms with Crippen molar-refractivity contribution < 1.29 is 18.4 Å². The molecule has 0 aromatic heterocycles. The highest BCUT2D eigenvalue weighted by Crippen LogP contribution is 2.22. The van der Waals surface area contributed by atoms with Crippen LogP contribution in [0.4, 0.5) is 8.78 Å². The van der Waals surface area contributed by atoms with Crippen LogP contribution in [0.1, 0.15) is 24.0 Å². The van der Waals surface area contributed by atoms with Crippen LogP contribution in [-0.2, 0) is 16.0 Å². The van der Waals surface area contributed by atoms with Crippen LogP contribution in [0.25, 0.3) is 0 Å². The molecule has 1 atom stereocenters. The van der Waals surface area contributed by atoms with E-state index in [-0.39, 0.29) is 23.8 Å². The lowest BCUT2D eigenvalue weighted by Gasteiger charge is -2.07. The van der Waals surface area contributed by atoms with Gasteiger partial charge in [-0.1, -0.05) is 24.3 Å². The largest absolute Gasteiger partial charge is 0.296 e. The van der Waals surface area contributed by atoms with E-state index in [0.717, 1.165) is 0 Å².